The van der Waals surface area contributed by atoms with Crippen LogP contribution in [0.25, 0.3) is 0 Å². The monoisotopic (exact) mass is 501 g/mol. The summed E-state index contributed by atoms with van der Waals surface area (Å²) in [5.74, 6) is -2.99. The lowest BCUT2D eigenvalue weighted by atomic mass is 10.1. The van der Waals surface area contributed by atoms with Crippen molar-refractivity contribution >= 4 is 23.7 Å². The Hall–Kier alpha value is -3.77. The number of hydrogen-bond donors (Lipinski definition) is 7. The van der Waals surface area contributed by atoms with Gasteiger partial charge in [-0.1, -0.05) is 36.8 Å². The molecular weight excluding hydrogens is 466 g/mol. The van der Waals surface area contributed by atoms with Crippen molar-refractivity contribution in [2.24, 2.45) is 11.5 Å². The molecule has 12 nitrogen and oxygen atoms in total. The van der Waals surface area contributed by atoms with Crippen molar-refractivity contribution in [1.82, 2.24) is 25.9 Å². The summed E-state index contributed by atoms with van der Waals surface area (Å²) in [6.45, 7) is 1.93. The summed E-state index contributed by atoms with van der Waals surface area (Å²) in [5, 5.41) is 17.2. The SMILES string of the molecule is CC(NC(=O)C(Cc1cnc[nH]1)NC(=O)C(N)CCCCN)C(=O)NC(Cc1ccccc1)C(=O)O. The highest BCUT2D eigenvalue weighted by atomic mass is 16.4. The average molecular weight is 502 g/mol. The van der Waals surface area contributed by atoms with Gasteiger partial charge < -0.3 is 37.5 Å². The Morgan fingerprint density at radius 3 is 2.28 bits per heavy atom. The minimum absolute atomic E-state index is 0.0864. The number of nitrogens with two attached hydrogens (primary N) is 2. The summed E-state index contributed by atoms with van der Waals surface area (Å²) in [5.41, 5.74) is 12.8. The van der Waals surface area contributed by atoms with Gasteiger partial charge in [0.15, 0.2) is 0 Å². The number of carboxylic acid groups (broad SMARTS) is 1. The number of carbonyl (C=O) groups is 4. The summed E-state index contributed by atoms with van der Waals surface area (Å²) >= 11 is 0. The molecule has 0 aliphatic rings. The Balaban J connectivity index is 2.01. The number of benzene rings is 1. The van der Waals surface area contributed by atoms with E-state index >= 15 is 0 Å². The van der Waals surface area contributed by atoms with Gasteiger partial charge in [-0.25, -0.2) is 9.78 Å². The highest BCUT2D eigenvalue weighted by molar-refractivity contribution is 5.94. The number of hydrogen-bond acceptors (Lipinski definition) is 7. The van der Waals surface area contributed by atoms with Crippen LogP contribution < -0.4 is 27.4 Å². The van der Waals surface area contributed by atoms with Crippen molar-refractivity contribution in [1.29, 1.82) is 0 Å². The molecule has 0 aliphatic carbocycles. The Kier molecular flexibility index (Phi) is 11.5. The molecule has 2 aromatic rings. The molecular formula is C24H35N7O5. The third-order valence-corrected chi connectivity index (χ3v) is 5.57. The molecule has 12 heteroatoms. The van der Waals surface area contributed by atoms with Crippen LogP contribution in [0.2, 0.25) is 0 Å². The highest BCUT2D eigenvalue weighted by Crippen LogP contribution is 2.05. The van der Waals surface area contributed by atoms with Crippen LogP contribution in [0, 0.1) is 0 Å². The lowest BCUT2D eigenvalue weighted by molar-refractivity contribution is -0.142. The average Bonchev–Trinajstić information content (AvgIpc) is 3.36. The molecule has 0 saturated carbocycles. The van der Waals surface area contributed by atoms with Gasteiger partial charge in [0, 0.05) is 24.7 Å². The number of rotatable bonds is 15. The zero-order valence-electron chi connectivity index (χ0n) is 20.3. The second kappa shape index (κ2) is 14.6. The van der Waals surface area contributed by atoms with Gasteiger partial charge in [0.25, 0.3) is 0 Å². The van der Waals surface area contributed by atoms with Crippen LogP contribution in [0.4, 0.5) is 0 Å². The van der Waals surface area contributed by atoms with E-state index in [9.17, 15) is 24.3 Å². The maximum atomic E-state index is 13.0. The van der Waals surface area contributed by atoms with Crippen molar-refractivity contribution < 1.29 is 24.3 Å². The second-order valence-corrected chi connectivity index (χ2v) is 8.55. The molecule has 0 saturated heterocycles. The molecule has 0 radical (unpaired) electrons. The zero-order chi connectivity index (χ0) is 26.5. The Morgan fingerprint density at radius 2 is 1.67 bits per heavy atom. The van der Waals surface area contributed by atoms with Gasteiger partial charge in [-0.15, -0.1) is 0 Å². The van der Waals surface area contributed by atoms with Crippen molar-refractivity contribution in [3.05, 3.63) is 54.1 Å². The van der Waals surface area contributed by atoms with Gasteiger partial charge in [-0.05, 0) is 31.9 Å². The summed E-state index contributed by atoms with van der Waals surface area (Å²) in [6, 6.07) is 4.79. The lowest BCUT2D eigenvalue weighted by Gasteiger charge is -2.23. The maximum absolute atomic E-state index is 13.0. The third-order valence-electron chi connectivity index (χ3n) is 5.57. The first kappa shape index (κ1) is 28.5. The van der Waals surface area contributed by atoms with Gasteiger partial charge in [0.05, 0.1) is 12.4 Å². The van der Waals surface area contributed by atoms with E-state index in [2.05, 4.69) is 25.9 Å². The Morgan fingerprint density at radius 1 is 0.972 bits per heavy atom. The number of unbranched alkanes of at least 4 members (excludes halogenated alkanes) is 1. The smallest absolute Gasteiger partial charge is 0.326 e. The fourth-order valence-electron chi connectivity index (χ4n) is 3.47. The molecule has 0 spiro atoms. The van der Waals surface area contributed by atoms with E-state index in [-0.39, 0.29) is 12.8 Å². The molecule has 4 unspecified atom stereocenters. The van der Waals surface area contributed by atoms with Crippen molar-refractivity contribution in [2.45, 2.75) is 63.2 Å². The van der Waals surface area contributed by atoms with Crippen molar-refractivity contribution in [2.75, 3.05) is 6.54 Å². The van der Waals surface area contributed by atoms with E-state index in [4.69, 9.17) is 11.5 Å². The van der Waals surface area contributed by atoms with Crippen LogP contribution in [0.3, 0.4) is 0 Å². The van der Waals surface area contributed by atoms with Crippen LogP contribution in [0.1, 0.15) is 37.4 Å². The Bertz CT molecular complexity index is 984. The van der Waals surface area contributed by atoms with Gasteiger partial charge in [-0.2, -0.15) is 0 Å². The number of nitrogens with one attached hydrogen (secondary N) is 4. The number of nitrogens with zero attached hydrogens (tertiary/aromatic N) is 1. The van der Waals surface area contributed by atoms with Gasteiger partial charge in [0.1, 0.15) is 18.1 Å². The first-order chi connectivity index (χ1) is 17.2. The predicted molar refractivity (Wildman–Crippen MR) is 132 cm³/mol. The topological polar surface area (TPSA) is 205 Å². The first-order valence-electron chi connectivity index (χ1n) is 11.8. The van der Waals surface area contributed by atoms with Crippen LogP contribution in [-0.4, -0.2) is 69.5 Å². The number of imidazole rings is 1. The normalized spacial score (nSPS) is 14.2. The molecule has 3 amide bonds. The van der Waals surface area contributed by atoms with Crippen LogP contribution in [-0.2, 0) is 32.0 Å². The number of H-pyrrole nitrogens is 1. The van der Waals surface area contributed by atoms with E-state index in [1.807, 2.05) is 0 Å². The van der Waals surface area contributed by atoms with E-state index in [0.29, 0.717) is 25.1 Å². The van der Waals surface area contributed by atoms with Crippen LogP contribution in [0.5, 0.6) is 0 Å². The molecule has 36 heavy (non-hydrogen) atoms. The van der Waals surface area contributed by atoms with Crippen LogP contribution >= 0.6 is 0 Å². The minimum Gasteiger partial charge on any atom is -0.480 e. The van der Waals surface area contributed by atoms with Gasteiger partial charge >= 0.3 is 5.97 Å². The molecule has 4 atom stereocenters. The maximum Gasteiger partial charge on any atom is 0.326 e. The summed E-state index contributed by atoms with van der Waals surface area (Å²) in [6.07, 6.45) is 4.96. The molecule has 196 valence electrons. The molecule has 1 aromatic carbocycles. The molecule has 9 N–H and O–H groups in total. The van der Waals surface area contributed by atoms with Crippen LogP contribution in [0.15, 0.2) is 42.9 Å². The number of aliphatic carboxylic acids is 1. The number of amides is 3. The fraction of sp³-hybridized carbons (Fsp3) is 0.458. The lowest BCUT2D eigenvalue weighted by Crippen LogP contribution is -2.57. The number of aromatic amines is 1. The molecule has 0 aliphatic heterocycles. The minimum atomic E-state index is -1.20. The second-order valence-electron chi connectivity index (χ2n) is 8.55. The van der Waals surface area contributed by atoms with Crippen molar-refractivity contribution in [3.8, 4) is 0 Å². The molecule has 0 fully saturated rings. The first-order valence-corrected chi connectivity index (χ1v) is 11.8. The molecule has 1 heterocycles. The zero-order valence-corrected chi connectivity index (χ0v) is 20.3. The fourth-order valence-corrected chi connectivity index (χ4v) is 3.47. The quantitative estimate of drug-likeness (QED) is 0.154. The molecule has 1 aromatic heterocycles. The number of carbonyl (C=O) groups excluding carboxylic acids is 3. The molecule has 0 bridgehead atoms. The van der Waals surface area contributed by atoms with Gasteiger partial charge in [-0.3, -0.25) is 14.4 Å². The predicted octanol–water partition coefficient (Wildman–Crippen LogP) is -0.790. The van der Waals surface area contributed by atoms with E-state index in [1.54, 1.807) is 30.3 Å². The number of carboxylic acids is 1. The molecule has 2 rings (SSSR count). The standard InChI is InChI=1S/C24H35N7O5/c1-15(21(32)31-20(24(35)36)11-16-7-3-2-4-8-16)29-23(34)19(12-17-13-27-14-28-17)30-22(33)18(26)9-5-6-10-25/h2-4,7-8,13-15,18-20H,5-6,9-12,25-26H2,1H3,(H,27,28)(H,29,34)(H,30,33)(H,31,32)(H,35,36). The highest BCUT2D eigenvalue weighted by Gasteiger charge is 2.29. The van der Waals surface area contributed by atoms with Crippen molar-refractivity contribution in [3.63, 3.8) is 0 Å². The summed E-state index contributed by atoms with van der Waals surface area (Å²) in [7, 11) is 0. The van der Waals surface area contributed by atoms with E-state index in [0.717, 1.165) is 12.0 Å². The van der Waals surface area contributed by atoms with E-state index in [1.165, 1.54) is 19.4 Å². The summed E-state index contributed by atoms with van der Waals surface area (Å²) in [4.78, 5) is 56.7. The third kappa shape index (κ3) is 9.47. The summed E-state index contributed by atoms with van der Waals surface area (Å²) < 4.78 is 0. The Labute approximate surface area is 209 Å². The largest absolute Gasteiger partial charge is 0.480 e. The number of aromatic nitrogens is 2. The van der Waals surface area contributed by atoms with E-state index < -0.39 is 47.9 Å². The van der Waals surface area contributed by atoms with Gasteiger partial charge in [0.2, 0.25) is 17.7 Å².